The van der Waals surface area contributed by atoms with Gasteiger partial charge >= 0.3 is 0 Å². The van der Waals surface area contributed by atoms with Crippen LogP contribution in [-0.2, 0) is 0 Å². The van der Waals surface area contributed by atoms with Crippen LogP contribution in [0.25, 0.3) is 11.2 Å². The average molecular weight is 263 g/mol. The Labute approximate surface area is 110 Å². The summed E-state index contributed by atoms with van der Waals surface area (Å²) in [6, 6.07) is 0. The van der Waals surface area contributed by atoms with Gasteiger partial charge in [0.05, 0.1) is 6.33 Å². The maximum Gasteiger partial charge on any atom is 0.225 e. The topological polar surface area (TPSA) is 66.5 Å². The molecule has 0 amide bonds. The van der Waals surface area contributed by atoms with Crippen molar-refractivity contribution in [2.24, 2.45) is 0 Å². The molecule has 0 aliphatic heterocycles. The van der Waals surface area contributed by atoms with Crippen LogP contribution in [0.5, 0.6) is 0 Å². The smallest absolute Gasteiger partial charge is 0.225 e. The summed E-state index contributed by atoms with van der Waals surface area (Å²) in [6.45, 7) is 0. The van der Waals surface area contributed by atoms with E-state index in [0.717, 1.165) is 16.2 Å². The molecule has 0 saturated heterocycles. The van der Waals surface area contributed by atoms with Gasteiger partial charge in [0, 0.05) is 12.3 Å². The van der Waals surface area contributed by atoms with Crippen molar-refractivity contribution >= 4 is 28.9 Å². The molecule has 3 rings (SSSR count). The number of rotatable bonds is 3. The van der Waals surface area contributed by atoms with Crippen molar-refractivity contribution in [2.45, 2.75) is 42.4 Å². The maximum atomic E-state index is 4.56. The van der Waals surface area contributed by atoms with Crippen molar-refractivity contribution in [1.82, 2.24) is 19.9 Å². The van der Waals surface area contributed by atoms with Gasteiger partial charge in [-0.05, 0) is 12.8 Å². The molecule has 2 aromatic heterocycles. The minimum absolute atomic E-state index is 0.646. The van der Waals surface area contributed by atoms with Crippen molar-refractivity contribution in [2.75, 3.05) is 12.4 Å². The highest BCUT2D eigenvalue weighted by Gasteiger charge is 2.18. The Balaban J connectivity index is 1.91. The number of anilines is 1. The zero-order valence-electron chi connectivity index (χ0n) is 10.4. The zero-order valence-corrected chi connectivity index (χ0v) is 11.3. The highest BCUT2D eigenvalue weighted by atomic mass is 32.2. The van der Waals surface area contributed by atoms with E-state index in [0.29, 0.717) is 11.2 Å². The van der Waals surface area contributed by atoms with Crippen molar-refractivity contribution in [3.05, 3.63) is 6.33 Å². The first kappa shape index (κ1) is 11.8. The Hall–Kier alpha value is -1.30. The fraction of sp³-hybridized carbons (Fsp3) is 0.583. The molecule has 0 spiro atoms. The van der Waals surface area contributed by atoms with E-state index < -0.39 is 0 Å². The van der Waals surface area contributed by atoms with Gasteiger partial charge in [-0.15, -0.1) is 11.8 Å². The second kappa shape index (κ2) is 5.14. The number of aromatic amines is 1. The van der Waals surface area contributed by atoms with Crippen LogP contribution in [0.15, 0.2) is 11.4 Å². The van der Waals surface area contributed by atoms with Crippen LogP contribution in [0.1, 0.15) is 32.1 Å². The Morgan fingerprint density at radius 1 is 1.28 bits per heavy atom. The fourth-order valence-corrected chi connectivity index (χ4v) is 3.64. The summed E-state index contributed by atoms with van der Waals surface area (Å²) in [4.78, 5) is 16.3. The number of H-pyrrole nitrogens is 1. The first-order valence-electron chi connectivity index (χ1n) is 6.42. The first-order valence-corrected chi connectivity index (χ1v) is 7.30. The quantitative estimate of drug-likeness (QED) is 0.834. The molecule has 0 unspecified atom stereocenters. The van der Waals surface area contributed by atoms with Crippen molar-refractivity contribution in [3.8, 4) is 0 Å². The Kier molecular flexibility index (Phi) is 3.36. The van der Waals surface area contributed by atoms with E-state index in [1.165, 1.54) is 32.1 Å². The molecular formula is C12H17N5S. The molecule has 2 aromatic rings. The van der Waals surface area contributed by atoms with Crippen LogP contribution in [0.3, 0.4) is 0 Å². The number of thioether (sulfide) groups is 1. The van der Waals surface area contributed by atoms with Crippen molar-refractivity contribution < 1.29 is 0 Å². The standard InChI is InChI=1S/C12H17N5S/c1-13-12-16-10-9(14-7-15-10)11(17-12)18-8-5-3-2-4-6-8/h7-8H,2-6H2,1H3,(H2,13,14,15,16,17). The van der Waals surface area contributed by atoms with Gasteiger partial charge in [-0.2, -0.15) is 4.98 Å². The third-order valence-corrected chi connectivity index (χ3v) is 4.63. The molecule has 0 bridgehead atoms. The molecule has 0 radical (unpaired) electrons. The van der Waals surface area contributed by atoms with Gasteiger partial charge in [0.15, 0.2) is 5.65 Å². The third kappa shape index (κ3) is 2.29. The number of hydrogen-bond acceptors (Lipinski definition) is 5. The highest BCUT2D eigenvalue weighted by molar-refractivity contribution is 8.00. The van der Waals surface area contributed by atoms with E-state index in [2.05, 4.69) is 25.3 Å². The molecule has 1 fully saturated rings. The number of nitrogens with one attached hydrogen (secondary N) is 2. The highest BCUT2D eigenvalue weighted by Crippen LogP contribution is 2.35. The molecule has 0 atom stereocenters. The summed E-state index contributed by atoms with van der Waals surface area (Å²) in [6.07, 6.45) is 8.33. The lowest BCUT2D eigenvalue weighted by molar-refractivity contribution is 0.516. The molecule has 1 aliphatic carbocycles. The SMILES string of the molecule is CNc1nc(SC2CCCCC2)c2[nH]cnc2n1. The van der Waals surface area contributed by atoms with Gasteiger partial charge < -0.3 is 10.3 Å². The molecular weight excluding hydrogens is 246 g/mol. The molecule has 2 heterocycles. The monoisotopic (exact) mass is 263 g/mol. The maximum absolute atomic E-state index is 4.56. The number of aromatic nitrogens is 4. The lowest BCUT2D eigenvalue weighted by Gasteiger charge is -2.20. The Morgan fingerprint density at radius 2 is 2.11 bits per heavy atom. The van der Waals surface area contributed by atoms with E-state index in [1.807, 2.05) is 18.8 Å². The molecule has 6 heteroatoms. The predicted octanol–water partition coefficient (Wildman–Crippen LogP) is 2.82. The summed E-state index contributed by atoms with van der Waals surface area (Å²) < 4.78 is 0. The van der Waals surface area contributed by atoms with E-state index in [-0.39, 0.29) is 0 Å². The summed E-state index contributed by atoms with van der Waals surface area (Å²) in [5, 5.41) is 4.70. The normalized spacial score (nSPS) is 17.2. The van der Waals surface area contributed by atoms with Gasteiger partial charge in [-0.3, -0.25) is 0 Å². The number of hydrogen-bond donors (Lipinski definition) is 2. The molecule has 1 aliphatic rings. The first-order chi connectivity index (χ1) is 8.86. The zero-order chi connectivity index (χ0) is 12.4. The molecule has 96 valence electrons. The Morgan fingerprint density at radius 3 is 2.89 bits per heavy atom. The predicted molar refractivity (Wildman–Crippen MR) is 74.0 cm³/mol. The minimum atomic E-state index is 0.646. The number of nitrogens with zero attached hydrogens (tertiary/aromatic N) is 3. The molecule has 1 saturated carbocycles. The van der Waals surface area contributed by atoms with Crippen LogP contribution in [0.2, 0.25) is 0 Å². The average Bonchev–Trinajstić information content (AvgIpc) is 2.88. The van der Waals surface area contributed by atoms with Gasteiger partial charge in [0.1, 0.15) is 10.5 Å². The van der Waals surface area contributed by atoms with Crippen molar-refractivity contribution in [3.63, 3.8) is 0 Å². The largest absolute Gasteiger partial charge is 0.357 e. The fourth-order valence-electron chi connectivity index (χ4n) is 2.34. The minimum Gasteiger partial charge on any atom is -0.357 e. The lowest BCUT2D eigenvalue weighted by Crippen LogP contribution is -2.09. The summed E-state index contributed by atoms with van der Waals surface area (Å²) in [7, 11) is 1.84. The van der Waals surface area contributed by atoms with Crippen LogP contribution >= 0.6 is 11.8 Å². The van der Waals surface area contributed by atoms with Gasteiger partial charge in [0.2, 0.25) is 5.95 Å². The molecule has 5 nitrogen and oxygen atoms in total. The summed E-state index contributed by atoms with van der Waals surface area (Å²) in [5.41, 5.74) is 1.71. The second-order valence-corrected chi connectivity index (χ2v) is 5.87. The van der Waals surface area contributed by atoms with Crippen LogP contribution < -0.4 is 5.32 Å². The van der Waals surface area contributed by atoms with Crippen LogP contribution in [-0.4, -0.2) is 32.2 Å². The molecule has 0 aromatic carbocycles. The van der Waals surface area contributed by atoms with E-state index >= 15 is 0 Å². The van der Waals surface area contributed by atoms with Gasteiger partial charge in [0.25, 0.3) is 0 Å². The van der Waals surface area contributed by atoms with Crippen molar-refractivity contribution in [1.29, 1.82) is 0 Å². The number of imidazole rings is 1. The van der Waals surface area contributed by atoms with Gasteiger partial charge in [-0.25, -0.2) is 9.97 Å². The van der Waals surface area contributed by atoms with E-state index in [1.54, 1.807) is 6.33 Å². The third-order valence-electron chi connectivity index (χ3n) is 3.31. The molecule has 2 N–H and O–H groups in total. The molecule has 18 heavy (non-hydrogen) atoms. The number of fused-ring (bicyclic) bond motifs is 1. The Bertz CT molecular complexity index is 532. The summed E-state index contributed by atoms with van der Waals surface area (Å²) in [5.74, 6) is 0.646. The lowest BCUT2D eigenvalue weighted by atomic mass is 10.0. The van der Waals surface area contributed by atoms with E-state index in [4.69, 9.17) is 0 Å². The van der Waals surface area contributed by atoms with Gasteiger partial charge in [-0.1, -0.05) is 19.3 Å². The van der Waals surface area contributed by atoms with Crippen LogP contribution in [0.4, 0.5) is 5.95 Å². The second-order valence-electron chi connectivity index (χ2n) is 4.58. The summed E-state index contributed by atoms with van der Waals surface area (Å²) >= 11 is 1.87. The van der Waals surface area contributed by atoms with Crippen LogP contribution in [0, 0.1) is 0 Å². The van der Waals surface area contributed by atoms with E-state index in [9.17, 15) is 0 Å².